The smallest absolute Gasteiger partial charge is 0.191 e. The van der Waals surface area contributed by atoms with Crippen molar-refractivity contribution in [2.45, 2.75) is 12.8 Å². The molecule has 2 aromatic heterocycles. The molecule has 0 saturated carbocycles. The van der Waals surface area contributed by atoms with E-state index in [2.05, 4.69) is 20.1 Å². The molecule has 0 bridgehead atoms. The Morgan fingerprint density at radius 2 is 2.14 bits per heavy atom. The van der Waals surface area contributed by atoms with Crippen LogP contribution in [0.2, 0.25) is 0 Å². The summed E-state index contributed by atoms with van der Waals surface area (Å²) in [5.74, 6) is 3.94. The molecule has 3 heterocycles. The van der Waals surface area contributed by atoms with Crippen LogP contribution in [0.3, 0.4) is 0 Å². The number of rotatable bonds is 4. The van der Waals surface area contributed by atoms with Crippen LogP contribution in [0, 0.1) is 0 Å². The quantitative estimate of drug-likeness (QED) is 0.519. The van der Waals surface area contributed by atoms with Gasteiger partial charge in [-0.25, -0.2) is 0 Å². The highest BCUT2D eigenvalue weighted by Gasteiger charge is 2.11. The minimum absolute atomic E-state index is 0.682. The van der Waals surface area contributed by atoms with Gasteiger partial charge in [0.2, 0.25) is 0 Å². The second kappa shape index (κ2) is 6.80. The maximum Gasteiger partial charge on any atom is 0.191 e. The fourth-order valence-electron chi connectivity index (χ4n) is 2.38. The fourth-order valence-corrected chi connectivity index (χ4v) is 3.29. The largest absolute Gasteiger partial charge is 0.370 e. The Morgan fingerprint density at radius 1 is 1.29 bits per heavy atom. The first-order valence-corrected chi connectivity index (χ1v) is 8.41. The van der Waals surface area contributed by atoms with E-state index in [1.54, 1.807) is 0 Å². The molecule has 0 aromatic carbocycles. The average Bonchev–Trinajstić information content (AvgIpc) is 2.95. The molecule has 0 spiro atoms. The molecule has 1 aliphatic heterocycles. The monoisotopic (exact) mass is 304 g/mol. The summed E-state index contributed by atoms with van der Waals surface area (Å²) in [6.07, 6.45) is 3.78. The van der Waals surface area contributed by atoms with Gasteiger partial charge < -0.3 is 10.6 Å². The van der Waals surface area contributed by atoms with Crippen molar-refractivity contribution in [2.24, 2.45) is 10.7 Å². The maximum absolute atomic E-state index is 6.03. The summed E-state index contributed by atoms with van der Waals surface area (Å²) in [6, 6.07) is 5.92. The number of nitrogens with zero attached hydrogens (tertiary/aromatic N) is 5. The van der Waals surface area contributed by atoms with Crippen molar-refractivity contribution in [3.63, 3.8) is 0 Å². The molecule has 0 aliphatic carbocycles. The molecule has 0 unspecified atom stereocenters. The maximum atomic E-state index is 6.03. The third-order valence-corrected chi connectivity index (χ3v) is 4.49. The summed E-state index contributed by atoms with van der Waals surface area (Å²) >= 11 is 1.97. The summed E-state index contributed by atoms with van der Waals surface area (Å²) in [7, 11) is 0. The molecule has 2 N–H and O–H groups in total. The molecular weight excluding hydrogens is 284 g/mol. The number of aliphatic imine (C=N–C) groups is 1. The molecule has 1 saturated heterocycles. The number of hydrogen-bond donors (Lipinski definition) is 1. The molecule has 0 radical (unpaired) electrons. The molecule has 2 aromatic rings. The van der Waals surface area contributed by atoms with Crippen molar-refractivity contribution < 1.29 is 0 Å². The van der Waals surface area contributed by atoms with Gasteiger partial charge in [-0.3, -0.25) is 9.39 Å². The number of hydrogen-bond acceptors (Lipinski definition) is 4. The van der Waals surface area contributed by atoms with E-state index < -0.39 is 0 Å². The first-order chi connectivity index (χ1) is 10.3. The summed E-state index contributed by atoms with van der Waals surface area (Å²) in [5, 5.41) is 8.37. The van der Waals surface area contributed by atoms with E-state index in [9.17, 15) is 0 Å². The zero-order chi connectivity index (χ0) is 14.5. The summed E-state index contributed by atoms with van der Waals surface area (Å²) in [6.45, 7) is 2.75. The lowest BCUT2D eigenvalue weighted by Crippen LogP contribution is -2.42. The van der Waals surface area contributed by atoms with Crippen molar-refractivity contribution in [1.29, 1.82) is 0 Å². The van der Waals surface area contributed by atoms with Crippen LogP contribution in [0.5, 0.6) is 0 Å². The van der Waals surface area contributed by atoms with Crippen LogP contribution in [-0.2, 0) is 6.42 Å². The van der Waals surface area contributed by atoms with E-state index in [-0.39, 0.29) is 0 Å². The predicted octanol–water partition coefficient (Wildman–Crippen LogP) is 1.03. The third kappa shape index (κ3) is 3.47. The number of aromatic nitrogens is 3. The van der Waals surface area contributed by atoms with E-state index in [0.717, 1.165) is 55.5 Å². The number of nitrogens with two attached hydrogens (primary N) is 1. The number of aryl methyl sites for hydroxylation is 1. The lowest BCUT2D eigenvalue weighted by Gasteiger charge is -2.27. The van der Waals surface area contributed by atoms with Crippen LogP contribution in [0.1, 0.15) is 12.2 Å². The Hall–Kier alpha value is -1.76. The first-order valence-electron chi connectivity index (χ1n) is 7.26. The predicted molar refractivity (Wildman–Crippen MR) is 86.7 cm³/mol. The lowest BCUT2D eigenvalue weighted by molar-refractivity contribution is 0.455. The van der Waals surface area contributed by atoms with Crippen molar-refractivity contribution in [3.8, 4) is 0 Å². The number of fused-ring (bicyclic) bond motifs is 1. The molecular formula is C14H20N6S. The van der Waals surface area contributed by atoms with Crippen molar-refractivity contribution >= 4 is 23.4 Å². The van der Waals surface area contributed by atoms with Gasteiger partial charge in [-0.1, -0.05) is 6.07 Å². The van der Waals surface area contributed by atoms with E-state index in [4.69, 9.17) is 5.73 Å². The molecule has 7 heteroatoms. The highest BCUT2D eigenvalue weighted by Crippen LogP contribution is 2.09. The van der Waals surface area contributed by atoms with E-state index in [0.29, 0.717) is 5.96 Å². The zero-order valence-corrected chi connectivity index (χ0v) is 12.8. The van der Waals surface area contributed by atoms with E-state index >= 15 is 0 Å². The van der Waals surface area contributed by atoms with Gasteiger partial charge in [0.05, 0.1) is 0 Å². The number of thioether (sulfide) groups is 1. The van der Waals surface area contributed by atoms with E-state index in [1.807, 2.05) is 40.6 Å². The highest BCUT2D eigenvalue weighted by atomic mass is 32.2. The second-order valence-electron chi connectivity index (χ2n) is 4.99. The highest BCUT2D eigenvalue weighted by molar-refractivity contribution is 7.99. The van der Waals surface area contributed by atoms with Gasteiger partial charge in [0, 0.05) is 43.8 Å². The van der Waals surface area contributed by atoms with Gasteiger partial charge in [-0.05, 0) is 18.6 Å². The summed E-state index contributed by atoms with van der Waals surface area (Å²) in [5.41, 5.74) is 6.92. The standard InChI is InChI=1S/C14H20N6S/c15-14(19-8-10-21-11-9-19)16-6-3-5-13-18-17-12-4-1-2-7-20(12)13/h1-2,4,7H,3,5-6,8-11H2,(H2,15,16). The Balaban J connectivity index is 1.51. The van der Waals surface area contributed by atoms with Gasteiger partial charge in [0.15, 0.2) is 11.6 Å². The van der Waals surface area contributed by atoms with Gasteiger partial charge in [-0.15, -0.1) is 10.2 Å². The van der Waals surface area contributed by atoms with Crippen LogP contribution in [-0.4, -0.2) is 56.6 Å². The van der Waals surface area contributed by atoms with Crippen molar-refractivity contribution in [2.75, 3.05) is 31.1 Å². The van der Waals surface area contributed by atoms with Crippen molar-refractivity contribution in [3.05, 3.63) is 30.2 Å². The molecule has 21 heavy (non-hydrogen) atoms. The molecule has 112 valence electrons. The summed E-state index contributed by atoms with van der Waals surface area (Å²) < 4.78 is 2.02. The molecule has 3 rings (SSSR count). The number of pyridine rings is 1. The Kier molecular flexibility index (Phi) is 4.59. The van der Waals surface area contributed by atoms with Crippen molar-refractivity contribution in [1.82, 2.24) is 19.5 Å². The topological polar surface area (TPSA) is 71.8 Å². The van der Waals surface area contributed by atoms with E-state index in [1.165, 1.54) is 0 Å². The lowest BCUT2D eigenvalue weighted by atomic mass is 10.3. The molecule has 0 amide bonds. The fraction of sp³-hybridized carbons (Fsp3) is 0.500. The minimum Gasteiger partial charge on any atom is -0.370 e. The van der Waals surface area contributed by atoms with Gasteiger partial charge in [-0.2, -0.15) is 11.8 Å². The SMILES string of the molecule is NC(=NCCCc1nnc2ccccn12)N1CCSCC1. The van der Waals surface area contributed by atoms with Crippen LogP contribution < -0.4 is 5.73 Å². The van der Waals surface area contributed by atoms with Gasteiger partial charge in [0.1, 0.15) is 5.82 Å². The van der Waals surface area contributed by atoms with Crippen LogP contribution in [0.4, 0.5) is 0 Å². The normalized spacial score (nSPS) is 16.6. The van der Waals surface area contributed by atoms with Crippen LogP contribution in [0.25, 0.3) is 5.65 Å². The Labute approximate surface area is 128 Å². The number of guanidine groups is 1. The minimum atomic E-state index is 0.682. The molecule has 1 aliphatic rings. The molecule has 6 nitrogen and oxygen atoms in total. The van der Waals surface area contributed by atoms with Crippen LogP contribution >= 0.6 is 11.8 Å². The Morgan fingerprint density at radius 3 is 3.00 bits per heavy atom. The van der Waals surface area contributed by atoms with Gasteiger partial charge >= 0.3 is 0 Å². The first kappa shape index (κ1) is 14.2. The second-order valence-corrected chi connectivity index (χ2v) is 6.21. The third-order valence-electron chi connectivity index (χ3n) is 3.55. The molecule has 1 fully saturated rings. The molecule has 0 atom stereocenters. The average molecular weight is 304 g/mol. The van der Waals surface area contributed by atoms with Crippen LogP contribution in [0.15, 0.2) is 29.4 Å². The summed E-state index contributed by atoms with van der Waals surface area (Å²) in [4.78, 5) is 6.65. The zero-order valence-electron chi connectivity index (χ0n) is 12.0. The van der Waals surface area contributed by atoms with Gasteiger partial charge in [0.25, 0.3) is 0 Å². The Bertz CT molecular complexity index is 617.